The molecule has 0 bridgehead atoms. The maximum absolute atomic E-state index is 13.4. The van der Waals surface area contributed by atoms with E-state index < -0.39 is 11.8 Å². The summed E-state index contributed by atoms with van der Waals surface area (Å²) in [6.07, 6.45) is 1.49. The maximum Gasteiger partial charge on any atom is 0.272 e. The Kier molecular flexibility index (Phi) is 10.0. The highest BCUT2D eigenvalue weighted by atomic mass is 32.2. The first-order valence-electron chi connectivity index (χ1n) is 14.0. The fourth-order valence-electron chi connectivity index (χ4n) is 4.24. The molecule has 5 aromatic rings. The van der Waals surface area contributed by atoms with Crippen molar-refractivity contribution in [1.29, 1.82) is 0 Å². The number of ketones is 1. The van der Waals surface area contributed by atoms with E-state index in [1.165, 1.54) is 24.8 Å². The molecule has 9 heteroatoms. The van der Waals surface area contributed by atoms with Crippen LogP contribution >= 0.6 is 11.8 Å². The summed E-state index contributed by atoms with van der Waals surface area (Å²) in [6, 6.07) is 35.4. The standard InChI is InChI=1S/C36H29N3O5S/c1-24(40)25-12-14-28(15-13-25)37-34(41)23-45-31-19-16-29(17-20-31)38-36(43)32(39-35(42)27-10-6-3-7-11-27)22-30-18-21-33(44-30)26-8-4-2-5-9-26/h2-22H,23H2,1H3,(H,37,41)(H,38,43)(H,39,42). The summed E-state index contributed by atoms with van der Waals surface area (Å²) >= 11 is 1.34. The van der Waals surface area contributed by atoms with Crippen LogP contribution in [-0.2, 0) is 9.59 Å². The van der Waals surface area contributed by atoms with E-state index in [1.54, 1.807) is 91.0 Å². The molecule has 1 aromatic heterocycles. The van der Waals surface area contributed by atoms with Crippen LogP contribution in [0.1, 0.15) is 33.4 Å². The molecular weight excluding hydrogens is 586 g/mol. The summed E-state index contributed by atoms with van der Waals surface area (Å²) in [5, 5.41) is 8.34. The monoisotopic (exact) mass is 615 g/mol. The van der Waals surface area contributed by atoms with Gasteiger partial charge in [-0.2, -0.15) is 0 Å². The summed E-state index contributed by atoms with van der Waals surface area (Å²) < 4.78 is 5.95. The van der Waals surface area contributed by atoms with Gasteiger partial charge in [-0.15, -0.1) is 11.8 Å². The zero-order valence-corrected chi connectivity index (χ0v) is 25.1. The molecule has 8 nitrogen and oxygen atoms in total. The van der Waals surface area contributed by atoms with Crippen molar-refractivity contribution in [3.05, 3.63) is 144 Å². The summed E-state index contributed by atoms with van der Waals surface area (Å²) in [5.41, 5.74) is 2.98. The van der Waals surface area contributed by atoms with Gasteiger partial charge in [0.25, 0.3) is 11.8 Å². The molecule has 0 aliphatic heterocycles. The third kappa shape index (κ3) is 8.68. The van der Waals surface area contributed by atoms with E-state index in [9.17, 15) is 19.2 Å². The van der Waals surface area contributed by atoms with Crippen molar-refractivity contribution >= 4 is 52.7 Å². The lowest BCUT2D eigenvalue weighted by Gasteiger charge is -2.11. The van der Waals surface area contributed by atoms with Gasteiger partial charge < -0.3 is 20.4 Å². The largest absolute Gasteiger partial charge is 0.457 e. The van der Waals surface area contributed by atoms with E-state index in [0.29, 0.717) is 34.0 Å². The number of carbonyl (C=O) groups is 4. The summed E-state index contributed by atoms with van der Waals surface area (Å²) in [7, 11) is 0. The molecule has 0 saturated heterocycles. The van der Waals surface area contributed by atoms with Crippen LogP contribution in [0.25, 0.3) is 17.4 Å². The van der Waals surface area contributed by atoms with Gasteiger partial charge in [-0.05, 0) is 79.7 Å². The number of thioether (sulfide) groups is 1. The lowest BCUT2D eigenvalue weighted by Crippen LogP contribution is -2.30. The highest BCUT2D eigenvalue weighted by Gasteiger charge is 2.16. The number of benzene rings is 4. The number of anilines is 2. The molecule has 3 amide bonds. The minimum Gasteiger partial charge on any atom is -0.457 e. The van der Waals surface area contributed by atoms with Crippen LogP contribution in [0.5, 0.6) is 0 Å². The van der Waals surface area contributed by atoms with Gasteiger partial charge in [-0.25, -0.2) is 0 Å². The number of Topliss-reactive ketones (excluding diaryl/α,β-unsaturated/α-hetero) is 1. The van der Waals surface area contributed by atoms with Crippen LogP contribution < -0.4 is 16.0 Å². The second kappa shape index (κ2) is 14.7. The molecule has 0 aliphatic carbocycles. The second-order valence-electron chi connectivity index (χ2n) is 9.90. The lowest BCUT2D eigenvalue weighted by molar-refractivity contribution is -0.114. The molecule has 4 aromatic carbocycles. The molecule has 0 atom stereocenters. The van der Waals surface area contributed by atoms with Gasteiger partial charge in [-0.1, -0.05) is 48.5 Å². The fraction of sp³-hybridized carbons (Fsp3) is 0.0556. The number of rotatable bonds is 11. The fourth-order valence-corrected chi connectivity index (χ4v) is 4.94. The summed E-state index contributed by atoms with van der Waals surface area (Å²) in [5.74, 6) is -0.00499. The third-order valence-electron chi connectivity index (χ3n) is 6.56. The molecule has 0 radical (unpaired) electrons. The van der Waals surface area contributed by atoms with Crippen molar-refractivity contribution in [2.75, 3.05) is 16.4 Å². The van der Waals surface area contributed by atoms with Crippen molar-refractivity contribution < 1.29 is 23.6 Å². The molecule has 0 unspecified atom stereocenters. The number of amides is 3. The normalized spacial score (nSPS) is 11.0. The van der Waals surface area contributed by atoms with E-state index in [0.717, 1.165) is 10.5 Å². The third-order valence-corrected chi connectivity index (χ3v) is 7.57. The molecule has 1 heterocycles. The molecule has 0 aliphatic rings. The molecule has 224 valence electrons. The van der Waals surface area contributed by atoms with E-state index in [-0.39, 0.29) is 23.1 Å². The van der Waals surface area contributed by atoms with Crippen LogP contribution in [0, 0.1) is 0 Å². The lowest BCUT2D eigenvalue weighted by atomic mass is 10.1. The van der Waals surface area contributed by atoms with Gasteiger partial charge in [0.05, 0.1) is 5.75 Å². The Labute approximate surface area is 264 Å². The van der Waals surface area contributed by atoms with E-state index in [1.807, 2.05) is 30.3 Å². The van der Waals surface area contributed by atoms with E-state index >= 15 is 0 Å². The van der Waals surface area contributed by atoms with E-state index in [4.69, 9.17) is 4.42 Å². The Hall–Kier alpha value is -5.67. The Bertz CT molecular complexity index is 1830. The average Bonchev–Trinajstić information content (AvgIpc) is 3.54. The van der Waals surface area contributed by atoms with Crippen LogP contribution in [0.4, 0.5) is 11.4 Å². The minimum atomic E-state index is -0.535. The Morgan fingerprint density at radius 2 is 1.31 bits per heavy atom. The number of hydrogen-bond acceptors (Lipinski definition) is 6. The highest BCUT2D eigenvalue weighted by molar-refractivity contribution is 8.00. The Morgan fingerprint density at radius 1 is 0.689 bits per heavy atom. The molecule has 0 fully saturated rings. The predicted molar refractivity (Wildman–Crippen MR) is 177 cm³/mol. The number of carbonyl (C=O) groups excluding carboxylic acids is 4. The maximum atomic E-state index is 13.4. The number of furan rings is 1. The second-order valence-corrected chi connectivity index (χ2v) is 10.9. The van der Waals surface area contributed by atoms with Gasteiger partial charge in [-0.3, -0.25) is 19.2 Å². The van der Waals surface area contributed by atoms with Gasteiger partial charge in [0.1, 0.15) is 17.2 Å². The van der Waals surface area contributed by atoms with Crippen LogP contribution in [0.15, 0.2) is 136 Å². The topological polar surface area (TPSA) is 118 Å². The first kappa shape index (κ1) is 30.8. The SMILES string of the molecule is CC(=O)c1ccc(NC(=O)CSc2ccc(NC(=O)C(=Cc3ccc(-c4ccccc4)o3)NC(=O)c3ccccc3)cc2)cc1. The molecule has 0 saturated carbocycles. The summed E-state index contributed by atoms with van der Waals surface area (Å²) in [6.45, 7) is 1.49. The first-order valence-corrected chi connectivity index (χ1v) is 15.0. The van der Waals surface area contributed by atoms with Crippen LogP contribution in [0.2, 0.25) is 0 Å². The van der Waals surface area contributed by atoms with Crippen molar-refractivity contribution in [3.8, 4) is 11.3 Å². The van der Waals surface area contributed by atoms with Crippen molar-refractivity contribution in [2.24, 2.45) is 0 Å². The molecule has 45 heavy (non-hydrogen) atoms. The minimum absolute atomic E-state index is 0.00396. The van der Waals surface area contributed by atoms with Gasteiger partial charge >= 0.3 is 0 Å². The molecular formula is C36H29N3O5S. The van der Waals surface area contributed by atoms with Crippen LogP contribution in [-0.4, -0.2) is 29.3 Å². The average molecular weight is 616 g/mol. The van der Waals surface area contributed by atoms with Gasteiger partial charge in [0.15, 0.2) is 5.78 Å². The Balaban J connectivity index is 1.24. The van der Waals surface area contributed by atoms with Gasteiger partial charge in [0, 0.05) is 39.0 Å². The summed E-state index contributed by atoms with van der Waals surface area (Å²) in [4.78, 5) is 51.0. The van der Waals surface area contributed by atoms with Gasteiger partial charge in [0.2, 0.25) is 5.91 Å². The smallest absolute Gasteiger partial charge is 0.272 e. The molecule has 3 N–H and O–H groups in total. The van der Waals surface area contributed by atoms with E-state index in [2.05, 4.69) is 16.0 Å². The molecule has 0 spiro atoms. The highest BCUT2D eigenvalue weighted by Crippen LogP contribution is 2.24. The zero-order valence-electron chi connectivity index (χ0n) is 24.3. The van der Waals surface area contributed by atoms with Crippen molar-refractivity contribution in [2.45, 2.75) is 11.8 Å². The quantitative estimate of drug-likeness (QED) is 0.0816. The van der Waals surface area contributed by atoms with Crippen molar-refractivity contribution in [1.82, 2.24) is 5.32 Å². The Morgan fingerprint density at radius 3 is 1.98 bits per heavy atom. The van der Waals surface area contributed by atoms with Crippen molar-refractivity contribution in [3.63, 3.8) is 0 Å². The zero-order chi connectivity index (χ0) is 31.6. The first-order chi connectivity index (χ1) is 21.8. The van der Waals surface area contributed by atoms with Crippen LogP contribution in [0.3, 0.4) is 0 Å². The number of nitrogens with one attached hydrogen (secondary N) is 3. The predicted octanol–water partition coefficient (Wildman–Crippen LogP) is 7.29. The molecule has 5 rings (SSSR count). The number of hydrogen-bond donors (Lipinski definition) is 3.